The summed E-state index contributed by atoms with van der Waals surface area (Å²) in [6.07, 6.45) is 0. The minimum absolute atomic E-state index is 0.131. The molecule has 7 aromatic carbocycles. The van der Waals surface area contributed by atoms with Crippen molar-refractivity contribution in [3.63, 3.8) is 0 Å². The van der Waals surface area contributed by atoms with Crippen LogP contribution in [0.1, 0.15) is 25.0 Å². The molecule has 1 aliphatic rings. The maximum atomic E-state index is 6.57. The van der Waals surface area contributed by atoms with E-state index in [0.717, 1.165) is 55.3 Å². The Labute approximate surface area is 302 Å². The second kappa shape index (κ2) is 11.7. The van der Waals surface area contributed by atoms with Crippen LogP contribution in [0.15, 0.2) is 168 Å². The van der Waals surface area contributed by atoms with Crippen LogP contribution in [0.3, 0.4) is 0 Å². The fourth-order valence-electron chi connectivity index (χ4n) is 7.85. The van der Waals surface area contributed by atoms with Crippen LogP contribution in [0, 0.1) is 0 Å². The third kappa shape index (κ3) is 4.87. The topological polar surface area (TPSA) is 51.8 Å². The summed E-state index contributed by atoms with van der Waals surface area (Å²) in [6, 6.07) is 57.2. The lowest BCUT2D eigenvalue weighted by Gasteiger charge is -2.21. The van der Waals surface area contributed by atoms with Crippen molar-refractivity contribution in [2.45, 2.75) is 19.3 Å². The van der Waals surface area contributed by atoms with Gasteiger partial charge in [-0.25, -0.2) is 15.0 Å². The minimum atomic E-state index is -0.131. The molecule has 0 radical (unpaired) electrons. The number of benzene rings is 7. The third-order valence-corrected chi connectivity index (χ3v) is 10.5. The molecule has 2 heterocycles. The number of rotatable bonds is 5. The number of furan rings is 1. The zero-order valence-corrected chi connectivity index (χ0v) is 28.8. The van der Waals surface area contributed by atoms with Gasteiger partial charge in [0.15, 0.2) is 17.5 Å². The second-order valence-electron chi connectivity index (χ2n) is 14.0. The quantitative estimate of drug-likeness (QED) is 0.183. The summed E-state index contributed by atoms with van der Waals surface area (Å²) in [7, 11) is 0. The lowest BCUT2D eigenvalue weighted by Crippen LogP contribution is -2.14. The van der Waals surface area contributed by atoms with Crippen LogP contribution in [-0.2, 0) is 5.41 Å². The van der Waals surface area contributed by atoms with E-state index in [-0.39, 0.29) is 5.41 Å². The molecule has 2 aromatic heterocycles. The van der Waals surface area contributed by atoms with Gasteiger partial charge in [-0.2, -0.15) is 0 Å². The van der Waals surface area contributed by atoms with Crippen LogP contribution in [-0.4, -0.2) is 15.0 Å². The molecule has 10 rings (SSSR count). The fraction of sp³-hybridized carbons (Fsp3) is 0.0625. The number of hydrogen-bond acceptors (Lipinski definition) is 4. The van der Waals surface area contributed by atoms with Crippen molar-refractivity contribution in [2.75, 3.05) is 0 Å². The molecule has 4 nitrogen and oxygen atoms in total. The SMILES string of the molecule is CC1(C)c2ccc(-c3cccc(-c4cccc(-c5nc(-c6ccccc6)nc(-c6ccccc6)n5)c4)c3)cc2-c2c1ccc1c2oc2ccccc21. The Bertz CT molecular complexity index is 2760. The zero-order valence-electron chi connectivity index (χ0n) is 28.8. The van der Waals surface area contributed by atoms with Gasteiger partial charge in [0.05, 0.1) is 0 Å². The van der Waals surface area contributed by atoms with Crippen molar-refractivity contribution in [1.82, 2.24) is 15.0 Å². The van der Waals surface area contributed by atoms with E-state index < -0.39 is 0 Å². The van der Waals surface area contributed by atoms with Crippen molar-refractivity contribution >= 4 is 21.9 Å². The van der Waals surface area contributed by atoms with E-state index >= 15 is 0 Å². The molecular formula is C48H33N3O. The van der Waals surface area contributed by atoms with Crippen LogP contribution >= 0.6 is 0 Å². The summed E-state index contributed by atoms with van der Waals surface area (Å²) in [6.45, 7) is 4.63. The first-order valence-corrected chi connectivity index (χ1v) is 17.7. The molecule has 1 aliphatic carbocycles. The Morgan fingerprint density at radius 3 is 1.56 bits per heavy atom. The lowest BCUT2D eigenvalue weighted by molar-refractivity contribution is 0.653. The van der Waals surface area contributed by atoms with E-state index in [1.807, 2.05) is 66.7 Å². The van der Waals surface area contributed by atoms with E-state index in [4.69, 9.17) is 19.4 Å². The Morgan fingerprint density at radius 2 is 0.904 bits per heavy atom. The van der Waals surface area contributed by atoms with Crippen molar-refractivity contribution < 1.29 is 4.42 Å². The van der Waals surface area contributed by atoms with E-state index in [1.165, 1.54) is 27.8 Å². The van der Waals surface area contributed by atoms with Gasteiger partial charge in [0.25, 0.3) is 0 Å². The van der Waals surface area contributed by atoms with E-state index in [0.29, 0.717) is 17.5 Å². The van der Waals surface area contributed by atoms with Gasteiger partial charge in [-0.3, -0.25) is 0 Å². The fourth-order valence-corrected chi connectivity index (χ4v) is 7.85. The van der Waals surface area contributed by atoms with Crippen LogP contribution in [0.5, 0.6) is 0 Å². The standard InChI is InChI=1S/C48H33N3O/c1-48(2)40-25-23-35(29-39(40)43-41(48)26-24-38-37-21-9-10-22-42(37)52-44(38)43)33-18-11-17-32(27-33)34-19-12-20-36(28-34)47-50-45(30-13-5-3-6-14-30)49-46(51-47)31-15-7-4-8-16-31/h3-29H,1-2H3. The molecule has 0 fully saturated rings. The van der Waals surface area contributed by atoms with Crippen LogP contribution in [0.25, 0.3) is 89.5 Å². The van der Waals surface area contributed by atoms with Crippen molar-refractivity contribution in [1.29, 1.82) is 0 Å². The van der Waals surface area contributed by atoms with Crippen molar-refractivity contribution in [3.8, 4) is 67.5 Å². The highest BCUT2D eigenvalue weighted by Gasteiger charge is 2.37. The smallest absolute Gasteiger partial charge is 0.164 e. The van der Waals surface area contributed by atoms with Gasteiger partial charge < -0.3 is 4.42 Å². The first kappa shape index (κ1) is 30.2. The summed E-state index contributed by atoms with van der Waals surface area (Å²) in [5.74, 6) is 1.94. The van der Waals surface area contributed by atoms with Gasteiger partial charge in [0.2, 0.25) is 0 Å². The number of hydrogen-bond donors (Lipinski definition) is 0. The molecule has 0 bridgehead atoms. The summed E-state index contributed by atoms with van der Waals surface area (Å²) < 4.78 is 6.57. The molecular weight excluding hydrogens is 635 g/mol. The predicted molar refractivity (Wildman–Crippen MR) is 212 cm³/mol. The lowest BCUT2D eigenvalue weighted by atomic mass is 9.82. The predicted octanol–water partition coefficient (Wildman–Crippen LogP) is 12.4. The Balaban J connectivity index is 1.06. The molecule has 246 valence electrons. The average Bonchev–Trinajstić information content (AvgIpc) is 3.70. The summed E-state index contributed by atoms with van der Waals surface area (Å²) in [5.41, 5.74) is 14.2. The van der Waals surface area contributed by atoms with Crippen LogP contribution in [0.2, 0.25) is 0 Å². The molecule has 0 N–H and O–H groups in total. The average molecular weight is 668 g/mol. The van der Waals surface area contributed by atoms with Gasteiger partial charge in [0.1, 0.15) is 11.2 Å². The monoisotopic (exact) mass is 667 g/mol. The minimum Gasteiger partial charge on any atom is -0.455 e. The summed E-state index contributed by atoms with van der Waals surface area (Å²) in [4.78, 5) is 14.8. The van der Waals surface area contributed by atoms with Gasteiger partial charge in [-0.05, 0) is 63.2 Å². The number of aromatic nitrogens is 3. The van der Waals surface area contributed by atoms with E-state index in [2.05, 4.69) is 111 Å². The normalized spacial score (nSPS) is 13.0. The molecule has 0 spiro atoms. The van der Waals surface area contributed by atoms with Gasteiger partial charge in [-0.1, -0.05) is 153 Å². The second-order valence-corrected chi connectivity index (χ2v) is 14.0. The van der Waals surface area contributed by atoms with Crippen molar-refractivity contribution in [3.05, 3.63) is 175 Å². The highest BCUT2D eigenvalue weighted by molar-refractivity contribution is 6.12. The van der Waals surface area contributed by atoms with Crippen LogP contribution < -0.4 is 0 Å². The number of fused-ring (bicyclic) bond motifs is 7. The van der Waals surface area contributed by atoms with Gasteiger partial charge in [0, 0.05) is 38.4 Å². The molecule has 0 saturated heterocycles. The summed E-state index contributed by atoms with van der Waals surface area (Å²) >= 11 is 0. The molecule has 4 heteroatoms. The zero-order chi connectivity index (χ0) is 34.8. The maximum absolute atomic E-state index is 6.57. The molecule has 0 aliphatic heterocycles. The number of para-hydroxylation sites is 1. The molecule has 0 amide bonds. The Kier molecular flexibility index (Phi) is 6.80. The highest BCUT2D eigenvalue weighted by Crippen LogP contribution is 2.53. The molecule has 52 heavy (non-hydrogen) atoms. The summed E-state index contributed by atoms with van der Waals surface area (Å²) in [5, 5.41) is 2.32. The van der Waals surface area contributed by atoms with Crippen molar-refractivity contribution in [2.24, 2.45) is 0 Å². The van der Waals surface area contributed by atoms with E-state index in [9.17, 15) is 0 Å². The molecule has 0 saturated carbocycles. The van der Waals surface area contributed by atoms with E-state index in [1.54, 1.807) is 0 Å². The van der Waals surface area contributed by atoms with Gasteiger partial charge in [-0.15, -0.1) is 0 Å². The third-order valence-electron chi connectivity index (χ3n) is 10.5. The number of nitrogens with zero attached hydrogens (tertiary/aromatic N) is 3. The largest absolute Gasteiger partial charge is 0.455 e. The Morgan fingerprint density at radius 1 is 0.404 bits per heavy atom. The van der Waals surface area contributed by atoms with Crippen LogP contribution in [0.4, 0.5) is 0 Å². The maximum Gasteiger partial charge on any atom is 0.164 e. The van der Waals surface area contributed by atoms with Gasteiger partial charge >= 0.3 is 0 Å². The molecule has 0 unspecified atom stereocenters. The molecule has 0 atom stereocenters. The molecule has 9 aromatic rings. The highest BCUT2D eigenvalue weighted by atomic mass is 16.3. The first-order chi connectivity index (χ1) is 25.5. The Hall–Kier alpha value is -6.65. The first-order valence-electron chi connectivity index (χ1n) is 17.7.